The molecule has 15 heavy (non-hydrogen) atoms. The molecule has 0 saturated carbocycles. The second kappa shape index (κ2) is 4.14. The summed E-state index contributed by atoms with van der Waals surface area (Å²) in [6.07, 6.45) is 1.58. The van der Waals surface area contributed by atoms with E-state index in [1.807, 2.05) is 6.07 Å². The average molecular weight is 224 g/mol. The smallest absolute Gasteiger partial charge is 0.355 e. The van der Waals surface area contributed by atoms with Crippen LogP contribution in [0.2, 0.25) is 0 Å². The number of carboxylic acids is 1. The molecule has 0 saturated heterocycles. The molecule has 0 aliphatic heterocycles. The fourth-order valence-corrected chi connectivity index (χ4v) is 1.71. The molecule has 2 N–H and O–H groups in total. The van der Waals surface area contributed by atoms with E-state index >= 15 is 0 Å². The summed E-state index contributed by atoms with van der Waals surface area (Å²) in [5, 5.41) is 13.7. The Morgan fingerprint density at radius 1 is 1.67 bits per heavy atom. The molecule has 0 spiro atoms. The van der Waals surface area contributed by atoms with E-state index in [4.69, 9.17) is 9.52 Å². The Bertz CT molecular complexity index is 450. The fourth-order valence-electron chi connectivity index (χ4n) is 1.03. The van der Waals surface area contributed by atoms with Gasteiger partial charge in [-0.05, 0) is 12.1 Å². The van der Waals surface area contributed by atoms with Gasteiger partial charge in [0.15, 0.2) is 10.8 Å². The van der Waals surface area contributed by atoms with Gasteiger partial charge in [-0.25, -0.2) is 9.78 Å². The SMILES string of the molecule is O=C(O)c1csc(NCc2ccco2)n1. The van der Waals surface area contributed by atoms with Gasteiger partial charge in [0.05, 0.1) is 12.8 Å². The van der Waals surface area contributed by atoms with Gasteiger partial charge in [-0.3, -0.25) is 0 Å². The first kappa shape index (κ1) is 9.72. The molecule has 0 aromatic carbocycles. The number of nitrogens with one attached hydrogen (secondary N) is 1. The lowest BCUT2D eigenvalue weighted by molar-refractivity contribution is 0.0691. The van der Waals surface area contributed by atoms with Crippen LogP contribution >= 0.6 is 11.3 Å². The van der Waals surface area contributed by atoms with Crippen LogP contribution in [0.25, 0.3) is 0 Å². The maximum Gasteiger partial charge on any atom is 0.355 e. The minimum atomic E-state index is -1.02. The molecule has 2 heterocycles. The van der Waals surface area contributed by atoms with Gasteiger partial charge in [-0.1, -0.05) is 0 Å². The molecule has 0 bridgehead atoms. The Morgan fingerprint density at radius 2 is 2.53 bits per heavy atom. The zero-order chi connectivity index (χ0) is 10.7. The van der Waals surface area contributed by atoms with Crippen molar-refractivity contribution in [3.05, 3.63) is 35.2 Å². The lowest BCUT2D eigenvalue weighted by Crippen LogP contribution is -2.00. The number of hydrogen-bond acceptors (Lipinski definition) is 5. The summed E-state index contributed by atoms with van der Waals surface area (Å²) in [4.78, 5) is 14.4. The van der Waals surface area contributed by atoms with E-state index in [0.717, 1.165) is 5.76 Å². The second-order valence-electron chi connectivity index (χ2n) is 2.78. The first-order chi connectivity index (χ1) is 7.25. The fraction of sp³-hybridized carbons (Fsp3) is 0.111. The van der Waals surface area contributed by atoms with E-state index in [1.165, 1.54) is 16.7 Å². The second-order valence-corrected chi connectivity index (χ2v) is 3.63. The van der Waals surface area contributed by atoms with Crippen LogP contribution in [0.15, 0.2) is 28.2 Å². The molecule has 2 aromatic rings. The number of hydrogen-bond donors (Lipinski definition) is 2. The van der Waals surface area contributed by atoms with E-state index in [9.17, 15) is 4.79 Å². The number of carbonyl (C=O) groups is 1. The molecular weight excluding hydrogens is 216 g/mol. The number of carboxylic acid groups (broad SMARTS) is 1. The Hall–Kier alpha value is -1.82. The van der Waals surface area contributed by atoms with E-state index < -0.39 is 5.97 Å². The predicted octanol–water partition coefficient (Wildman–Crippen LogP) is 2.05. The van der Waals surface area contributed by atoms with Gasteiger partial charge in [-0.15, -0.1) is 11.3 Å². The number of rotatable bonds is 4. The van der Waals surface area contributed by atoms with Crippen LogP contribution in [0.5, 0.6) is 0 Å². The van der Waals surface area contributed by atoms with Gasteiger partial charge in [0.1, 0.15) is 5.76 Å². The summed E-state index contributed by atoms with van der Waals surface area (Å²) in [7, 11) is 0. The molecule has 0 unspecified atom stereocenters. The molecule has 2 rings (SSSR count). The summed E-state index contributed by atoms with van der Waals surface area (Å²) < 4.78 is 5.11. The van der Waals surface area contributed by atoms with Gasteiger partial charge in [0, 0.05) is 5.38 Å². The van der Waals surface area contributed by atoms with Crippen molar-refractivity contribution in [3.8, 4) is 0 Å². The van der Waals surface area contributed by atoms with Gasteiger partial charge >= 0.3 is 5.97 Å². The van der Waals surface area contributed by atoms with E-state index in [2.05, 4.69) is 10.3 Å². The third-order valence-corrected chi connectivity index (χ3v) is 2.52. The Kier molecular flexibility index (Phi) is 2.68. The van der Waals surface area contributed by atoms with Gasteiger partial charge < -0.3 is 14.8 Å². The third-order valence-electron chi connectivity index (χ3n) is 1.72. The highest BCUT2D eigenvalue weighted by atomic mass is 32.1. The highest BCUT2D eigenvalue weighted by Gasteiger charge is 2.08. The number of furan rings is 1. The summed E-state index contributed by atoms with van der Waals surface area (Å²) in [5.41, 5.74) is 0.0574. The molecular formula is C9H8N2O3S. The van der Waals surface area contributed by atoms with Gasteiger partial charge in [0.25, 0.3) is 0 Å². The van der Waals surface area contributed by atoms with Crippen LogP contribution in [-0.4, -0.2) is 16.1 Å². The zero-order valence-electron chi connectivity index (χ0n) is 7.64. The van der Waals surface area contributed by atoms with E-state index in [1.54, 1.807) is 12.3 Å². The number of thiazole rings is 1. The van der Waals surface area contributed by atoms with Crippen LogP contribution in [0.3, 0.4) is 0 Å². The van der Waals surface area contributed by atoms with Crippen molar-refractivity contribution in [1.29, 1.82) is 0 Å². The molecule has 5 nitrogen and oxygen atoms in total. The highest BCUT2D eigenvalue weighted by molar-refractivity contribution is 7.13. The third kappa shape index (κ3) is 2.35. The lowest BCUT2D eigenvalue weighted by Gasteiger charge is -1.97. The standard InChI is InChI=1S/C9H8N2O3S/c12-8(13)7-5-15-9(11-7)10-4-6-2-1-3-14-6/h1-3,5H,4H2,(H,10,11)(H,12,13). The van der Waals surface area contributed by atoms with Crippen LogP contribution in [0.4, 0.5) is 5.13 Å². The molecule has 0 aliphatic carbocycles. The van der Waals surface area contributed by atoms with Crippen LogP contribution in [0.1, 0.15) is 16.2 Å². The molecule has 0 atom stereocenters. The van der Waals surface area contributed by atoms with Crippen molar-refractivity contribution in [3.63, 3.8) is 0 Å². The van der Waals surface area contributed by atoms with Crippen LogP contribution < -0.4 is 5.32 Å². The van der Waals surface area contributed by atoms with Gasteiger partial charge in [0.2, 0.25) is 0 Å². The maximum absolute atomic E-state index is 10.5. The Labute approximate surface area is 89.4 Å². The minimum absolute atomic E-state index is 0.0574. The van der Waals surface area contributed by atoms with Crippen molar-refractivity contribution in [2.45, 2.75) is 6.54 Å². The monoisotopic (exact) mass is 224 g/mol. The topological polar surface area (TPSA) is 75.4 Å². The van der Waals surface area contributed by atoms with Gasteiger partial charge in [-0.2, -0.15) is 0 Å². The van der Waals surface area contributed by atoms with Crippen molar-refractivity contribution in [2.24, 2.45) is 0 Å². The maximum atomic E-state index is 10.5. The zero-order valence-corrected chi connectivity index (χ0v) is 8.45. The highest BCUT2D eigenvalue weighted by Crippen LogP contribution is 2.16. The number of anilines is 1. The lowest BCUT2D eigenvalue weighted by atomic mass is 10.4. The number of aromatic carboxylic acids is 1. The summed E-state index contributed by atoms with van der Waals surface area (Å²) in [6.45, 7) is 0.500. The van der Waals surface area contributed by atoms with Crippen molar-refractivity contribution >= 4 is 22.4 Å². The Morgan fingerprint density at radius 3 is 3.13 bits per heavy atom. The molecule has 0 aliphatic rings. The predicted molar refractivity (Wildman–Crippen MR) is 55.1 cm³/mol. The first-order valence-electron chi connectivity index (χ1n) is 4.21. The van der Waals surface area contributed by atoms with Crippen molar-refractivity contribution in [2.75, 3.05) is 5.32 Å². The molecule has 78 valence electrons. The summed E-state index contributed by atoms with van der Waals surface area (Å²) in [5.74, 6) is -0.237. The Balaban J connectivity index is 1.96. The normalized spacial score (nSPS) is 10.1. The largest absolute Gasteiger partial charge is 0.476 e. The number of aromatic nitrogens is 1. The molecule has 6 heteroatoms. The first-order valence-corrected chi connectivity index (χ1v) is 5.09. The number of nitrogens with zero attached hydrogens (tertiary/aromatic N) is 1. The molecule has 0 radical (unpaired) electrons. The molecule has 0 amide bonds. The quantitative estimate of drug-likeness (QED) is 0.831. The molecule has 0 fully saturated rings. The van der Waals surface area contributed by atoms with Crippen molar-refractivity contribution in [1.82, 2.24) is 4.98 Å². The minimum Gasteiger partial charge on any atom is -0.476 e. The summed E-state index contributed by atoms with van der Waals surface area (Å²) >= 11 is 1.26. The molecule has 2 aromatic heterocycles. The van der Waals surface area contributed by atoms with Crippen molar-refractivity contribution < 1.29 is 14.3 Å². The van der Waals surface area contributed by atoms with E-state index in [-0.39, 0.29) is 5.69 Å². The average Bonchev–Trinajstić information content (AvgIpc) is 2.86. The van der Waals surface area contributed by atoms with Crippen LogP contribution in [0, 0.1) is 0 Å². The van der Waals surface area contributed by atoms with E-state index in [0.29, 0.717) is 11.7 Å². The summed E-state index contributed by atoms with van der Waals surface area (Å²) in [6, 6.07) is 3.63. The van der Waals surface area contributed by atoms with Crippen LogP contribution in [-0.2, 0) is 6.54 Å².